The van der Waals surface area contributed by atoms with Crippen molar-refractivity contribution in [3.8, 4) is 11.5 Å². The second-order valence-electron chi connectivity index (χ2n) is 11.5. The molecule has 0 radical (unpaired) electrons. The lowest BCUT2D eigenvalue weighted by molar-refractivity contribution is -0.124. The molecule has 14 heteroatoms. The minimum absolute atomic E-state index is 0.0625. The van der Waals surface area contributed by atoms with E-state index in [0.717, 1.165) is 17.5 Å². The van der Waals surface area contributed by atoms with Crippen molar-refractivity contribution in [2.24, 2.45) is 10.2 Å². The molecule has 55 heavy (non-hydrogen) atoms. The van der Waals surface area contributed by atoms with Crippen LogP contribution in [0, 0.1) is 0 Å². The summed E-state index contributed by atoms with van der Waals surface area (Å²) in [7, 11) is 0. The van der Waals surface area contributed by atoms with Crippen LogP contribution in [0.15, 0.2) is 132 Å². The van der Waals surface area contributed by atoms with Crippen molar-refractivity contribution in [3.63, 3.8) is 0 Å². The lowest BCUT2D eigenvalue weighted by Crippen LogP contribution is -2.17. The van der Waals surface area contributed by atoms with Gasteiger partial charge in [0.05, 0.1) is 12.4 Å². The first-order valence-corrected chi connectivity index (χ1v) is 16.5. The van der Waals surface area contributed by atoms with E-state index in [1.165, 1.54) is 35.5 Å². The highest BCUT2D eigenvalue weighted by atomic mass is 16.5. The highest BCUT2D eigenvalue weighted by Crippen LogP contribution is 2.30. The molecule has 14 nitrogen and oxygen atoms in total. The molecule has 0 bridgehead atoms. The number of nitrogens with zero attached hydrogens (tertiary/aromatic N) is 2. The van der Waals surface area contributed by atoms with Gasteiger partial charge in [0.25, 0.3) is 23.6 Å². The van der Waals surface area contributed by atoms with Crippen LogP contribution in [-0.4, -0.2) is 58.2 Å². The summed E-state index contributed by atoms with van der Waals surface area (Å²) in [4.78, 5) is 47.9. The number of carbonyl (C=O) groups is 4. The number of fused-ring (bicyclic) bond motifs is 1. The first kappa shape index (κ1) is 38.5. The Morgan fingerprint density at radius 2 is 1.18 bits per heavy atom. The van der Waals surface area contributed by atoms with Gasteiger partial charge in [-0.25, -0.2) is 21.8 Å². The van der Waals surface area contributed by atoms with E-state index in [-0.39, 0.29) is 17.9 Å². The third kappa shape index (κ3) is 10.9. The van der Waals surface area contributed by atoms with Crippen molar-refractivity contribution in [2.75, 3.05) is 6.61 Å². The molecule has 0 unspecified atom stereocenters. The molecule has 0 aliphatic heterocycles. The van der Waals surface area contributed by atoms with Gasteiger partial charge in [-0.15, -0.1) is 0 Å². The smallest absolute Gasteiger partial charge is 0.271 e. The van der Waals surface area contributed by atoms with Gasteiger partial charge in [0.15, 0.2) is 0 Å². The molecule has 5 aromatic carbocycles. The number of para-hydroxylation sites is 1. The summed E-state index contributed by atoms with van der Waals surface area (Å²) in [5, 5.41) is 37.9. The summed E-state index contributed by atoms with van der Waals surface area (Å²) >= 11 is 0. The first-order valence-electron chi connectivity index (χ1n) is 16.5. The molecule has 276 valence electrons. The molecule has 0 saturated heterocycles. The maximum atomic E-state index is 12.7. The fourth-order valence-electron chi connectivity index (χ4n) is 5.15. The molecule has 0 heterocycles. The van der Waals surface area contributed by atoms with Gasteiger partial charge in [0, 0.05) is 34.4 Å². The summed E-state index contributed by atoms with van der Waals surface area (Å²) in [6.07, 6.45) is 11.5. The number of hydrogen-bond acceptors (Lipinski definition) is 10. The predicted octanol–water partition coefficient (Wildman–Crippen LogP) is 5.20. The Hall–Kier alpha value is -7.68. The maximum Gasteiger partial charge on any atom is 0.271 e. The van der Waals surface area contributed by atoms with E-state index in [1.807, 2.05) is 30.3 Å². The van der Waals surface area contributed by atoms with Crippen molar-refractivity contribution in [3.05, 3.63) is 160 Å². The Bertz CT molecular complexity index is 2370. The number of hydroxylamine groups is 2. The molecular formula is C41H34N6O8. The van der Waals surface area contributed by atoms with E-state index in [0.29, 0.717) is 44.5 Å². The number of ether oxygens (including phenoxy) is 1. The van der Waals surface area contributed by atoms with Crippen molar-refractivity contribution in [2.45, 2.75) is 0 Å². The van der Waals surface area contributed by atoms with E-state index in [4.69, 9.17) is 15.2 Å². The Kier molecular flexibility index (Phi) is 13.5. The number of phenols is 1. The Balaban J connectivity index is 1.21. The summed E-state index contributed by atoms with van der Waals surface area (Å²) < 4.78 is 5.98. The van der Waals surface area contributed by atoms with Gasteiger partial charge in [-0.1, -0.05) is 66.7 Å². The Morgan fingerprint density at radius 1 is 0.618 bits per heavy atom. The summed E-state index contributed by atoms with van der Waals surface area (Å²) in [5.74, 6) is -1.94. The number of hydrazone groups is 2. The molecule has 5 aromatic rings. The second kappa shape index (κ2) is 19.2. The van der Waals surface area contributed by atoms with Crippen LogP contribution in [0.3, 0.4) is 0 Å². The molecule has 0 spiro atoms. The number of nitrogens with one attached hydrogen (secondary N) is 4. The van der Waals surface area contributed by atoms with Crippen LogP contribution in [0.2, 0.25) is 0 Å². The number of rotatable bonds is 14. The van der Waals surface area contributed by atoms with Crippen LogP contribution in [0.1, 0.15) is 48.5 Å². The highest BCUT2D eigenvalue weighted by molar-refractivity contribution is 6.06. The van der Waals surface area contributed by atoms with E-state index < -0.39 is 23.6 Å². The fraction of sp³-hybridized carbons (Fsp3) is 0.0244. The van der Waals surface area contributed by atoms with E-state index in [1.54, 1.807) is 84.9 Å². The Labute approximate surface area is 314 Å². The zero-order chi connectivity index (χ0) is 39.0. The predicted molar refractivity (Wildman–Crippen MR) is 208 cm³/mol. The number of hydrogen-bond donors (Lipinski definition) is 7. The van der Waals surface area contributed by atoms with Crippen LogP contribution in [0.25, 0.3) is 29.0 Å². The number of phenolic OH excluding ortho intramolecular Hbond substituents is 1. The summed E-state index contributed by atoms with van der Waals surface area (Å²) in [6, 6.07) is 29.1. The zero-order valence-electron chi connectivity index (χ0n) is 28.9. The minimum atomic E-state index is -0.708. The van der Waals surface area contributed by atoms with Gasteiger partial charge in [-0.2, -0.15) is 10.2 Å². The third-order valence-electron chi connectivity index (χ3n) is 7.75. The van der Waals surface area contributed by atoms with Gasteiger partial charge < -0.3 is 9.84 Å². The average Bonchev–Trinajstić information content (AvgIpc) is 3.22. The van der Waals surface area contributed by atoms with E-state index in [9.17, 15) is 24.3 Å². The van der Waals surface area contributed by atoms with E-state index in [2.05, 4.69) is 21.1 Å². The molecule has 0 atom stereocenters. The summed E-state index contributed by atoms with van der Waals surface area (Å²) in [6.45, 7) is 0.168. The molecule has 4 amide bonds. The van der Waals surface area contributed by atoms with Gasteiger partial charge >= 0.3 is 0 Å². The average molecular weight is 739 g/mol. The van der Waals surface area contributed by atoms with Gasteiger partial charge in [0.2, 0.25) is 0 Å². The van der Waals surface area contributed by atoms with Crippen LogP contribution < -0.4 is 26.5 Å². The monoisotopic (exact) mass is 738 g/mol. The standard InChI is InChI=1S/C41H34N6O8/c48-36-24-29(33-14-2-3-15-34(33)35(36)26-43-45-41(52)31-12-6-9-28(23-31)18-20-39(50)47-54)13-7-21-55-37-16-4-1-10-32(37)25-42-44-40(51)30-11-5-8-27(22-30)17-19-38(49)46-53/h1-20,22-26,48,53-54H,21H2,(H,44,51)(H,45,52)(H,46,49)(H,47,50)/b13-7-,19-17+,20-18+,42-25+,43-26+. The zero-order valence-corrected chi connectivity index (χ0v) is 28.9. The number of amides is 4. The lowest BCUT2D eigenvalue weighted by atomic mass is 9.98. The van der Waals surface area contributed by atoms with Crippen molar-refractivity contribution >= 4 is 65.1 Å². The topological polar surface area (TPSA) is 211 Å². The minimum Gasteiger partial charge on any atom is -0.507 e. The lowest BCUT2D eigenvalue weighted by Gasteiger charge is -2.10. The van der Waals surface area contributed by atoms with Crippen LogP contribution in [0.4, 0.5) is 0 Å². The van der Waals surface area contributed by atoms with Crippen molar-refractivity contribution in [1.82, 2.24) is 21.8 Å². The molecule has 0 saturated carbocycles. The number of carbonyl (C=O) groups excluding carboxylic acids is 4. The van der Waals surface area contributed by atoms with E-state index >= 15 is 0 Å². The van der Waals surface area contributed by atoms with Gasteiger partial charge in [0.1, 0.15) is 18.1 Å². The van der Waals surface area contributed by atoms with Crippen LogP contribution in [0.5, 0.6) is 11.5 Å². The molecular weight excluding hydrogens is 704 g/mol. The third-order valence-corrected chi connectivity index (χ3v) is 7.75. The first-order chi connectivity index (χ1) is 26.7. The molecule has 5 rings (SSSR count). The Morgan fingerprint density at radius 3 is 1.80 bits per heavy atom. The fourth-order valence-corrected chi connectivity index (χ4v) is 5.15. The normalized spacial score (nSPS) is 11.5. The van der Waals surface area contributed by atoms with Crippen molar-refractivity contribution < 1.29 is 39.4 Å². The molecule has 0 aromatic heterocycles. The maximum absolute atomic E-state index is 12.7. The van der Waals surface area contributed by atoms with Crippen molar-refractivity contribution in [1.29, 1.82) is 0 Å². The number of aromatic hydroxyl groups is 1. The SMILES string of the molecule is O=C(/C=C/c1cccc(C(=O)N/N=C/c2ccccc2OC/C=C\c2cc(O)c(/C=N/NC(=O)c3cccc(/C=C/C(=O)NO)c3)c3ccccc23)c1)NO. The second-order valence-corrected chi connectivity index (χ2v) is 11.5. The molecule has 0 aliphatic carbocycles. The van der Waals surface area contributed by atoms with Crippen LogP contribution in [-0.2, 0) is 9.59 Å². The highest BCUT2D eigenvalue weighted by Gasteiger charge is 2.11. The largest absolute Gasteiger partial charge is 0.507 e. The van der Waals surface area contributed by atoms with Gasteiger partial charge in [-0.3, -0.25) is 29.6 Å². The quantitative estimate of drug-likeness (QED) is 0.0347. The number of benzene rings is 5. The van der Waals surface area contributed by atoms with Crippen LogP contribution >= 0.6 is 0 Å². The van der Waals surface area contributed by atoms with Gasteiger partial charge in [-0.05, 0) is 88.2 Å². The molecule has 0 aliphatic rings. The molecule has 7 N–H and O–H groups in total. The summed E-state index contributed by atoms with van der Waals surface area (Å²) in [5.41, 5.74) is 11.4. The molecule has 0 fully saturated rings.